The number of hydrogen-bond acceptors (Lipinski definition) is 7. The highest BCUT2D eigenvalue weighted by Gasteiger charge is 2.51. The summed E-state index contributed by atoms with van der Waals surface area (Å²) in [4.78, 5) is 14.6. The maximum absolute atomic E-state index is 14.3. The van der Waals surface area contributed by atoms with Crippen molar-refractivity contribution in [3.8, 4) is 0 Å². The van der Waals surface area contributed by atoms with E-state index in [1.807, 2.05) is 23.2 Å². The Hall–Kier alpha value is -1.84. The number of hydrogen-bond donors (Lipinski definition) is 2. The molecule has 2 aliphatic heterocycles. The predicted octanol–water partition coefficient (Wildman–Crippen LogP) is 2.13. The summed E-state index contributed by atoms with van der Waals surface area (Å²) < 4.78 is 28.4. The van der Waals surface area contributed by atoms with E-state index in [4.69, 9.17) is 5.73 Å². The summed E-state index contributed by atoms with van der Waals surface area (Å²) in [5.74, 6) is 0.695. The van der Waals surface area contributed by atoms with E-state index in [1.165, 1.54) is 13.8 Å². The van der Waals surface area contributed by atoms with Crippen molar-refractivity contribution < 1.29 is 8.78 Å². The van der Waals surface area contributed by atoms with Gasteiger partial charge in [-0.1, -0.05) is 6.07 Å². The number of fused-ring (bicyclic) bond motifs is 1. The molecule has 2 fully saturated rings. The van der Waals surface area contributed by atoms with Gasteiger partial charge in [0.2, 0.25) is 5.95 Å². The summed E-state index contributed by atoms with van der Waals surface area (Å²) in [6.45, 7) is 3.80. The average Bonchev–Trinajstić information content (AvgIpc) is 3.02. The van der Waals surface area contributed by atoms with E-state index >= 15 is 0 Å². The minimum absolute atomic E-state index is 0.198. The Morgan fingerprint density at radius 3 is 2.93 bits per heavy atom. The van der Waals surface area contributed by atoms with Crippen LogP contribution in [0.15, 0.2) is 30.7 Å². The van der Waals surface area contributed by atoms with Crippen LogP contribution in [0.25, 0.3) is 0 Å². The fraction of sp³-hybridized carbons (Fsp3) is 0.500. The molecule has 0 radical (unpaired) electrons. The molecule has 0 aliphatic carbocycles. The van der Waals surface area contributed by atoms with Crippen molar-refractivity contribution in [2.75, 3.05) is 23.7 Å². The van der Waals surface area contributed by atoms with E-state index in [0.717, 1.165) is 17.5 Å². The second-order valence-corrected chi connectivity index (χ2v) is 8.70. The van der Waals surface area contributed by atoms with E-state index < -0.39 is 17.0 Å². The molecule has 0 bridgehead atoms. The van der Waals surface area contributed by atoms with Crippen molar-refractivity contribution in [1.29, 1.82) is 0 Å². The summed E-state index contributed by atoms with van der Waals surface area (Å²) in [7, 11) is 0. The lowest BCUT2D eigenvalue weighted by atomic mass is 9.82. The van der Waals surface area contributed by atoms with Gasteiger partial charge in [-0.05, 0) is 25.5 Å². The van der Waals surface area contributed by atoms with E-state index in [1.54, 1.807) is 18.0 Å². The fourth-order valence-electron chi connectivity index (χ4n) is 3.91. The van der Waals surface area contributed by atoms with Gasteiger partial charge in [0.15, 0.2) is 5.82 Å². The summed E-state index contributed by atoms with van der Waals surface area (Å²) >= 11 is 1.65. The van der Waals surface area contributed by atoms with Crippen LogP contribution in [0.5, 0.6) is 0 Å². The number of thioether (sulfide) groups is 1. The van der Waals surface area contributed by atoms with Crippen LogP contribution in [0.1, 0.15) is 25.1 Å². The third kappa shape index (κ3) is 3.28. The molecule has 6 nitrogen and oxygen atoms in total. The number of nitrogens with zero attached hydrogens (tertiary/aromatic N) is 4. The maximum Gasteiger partial charge on any atom is 0.225 e. The molecule has 0 saturated carbocycles. The zero-order valence-corrected chi connectivity index (χ0v) is 16.0. The van der Waals surface area contributed by atoms with Crippen LogP contribution in [0.2, 0.25) is 0 Å². The first-order chi connectivity index (χ1) is 12.8. The van der Waals surface area contributed by atoms with Crippen molar-refractivity contribution in [1.82, 2.24) is 20.3 Å². The molecule has 2 aromatic heterocycles. The highest BCUT2D eigenvalue weighted by molar-refractivity contribution is 7.99. The van der Waals surface area contributed by atoms with Gasteiger partial charge in [0.05, 0.1) is 11.7 Å². The van der Waals surface area contributed by atoms with Gasteiger partial charge in [0.25, 0.3) is 0 Å². The highest BCUT2D eigenvalue weighted by atomic mass is 32.2. The standard InChI is InChI=1S/C18H22F2N6S/c1-17(2,20)14-13(19)7-23-16(24-14)26-8-12-9-27-15(21)25-18(12,10-26)11-4-3-5-22-6-11/h3-7,12,15,25H,8-10,21H2,1-2H3/t12-,15?,18+/m0/s1. The molecule has 4 heterocycles. The first-order valence-electron chi connectivity index (χ1n) is 8.82. The number of nitrogens with one attached hydrogen (secondary N) is 1. The van der Waals surface area contributed by atoms with E-state index in [0.29, 0.717) is 19.0 Å². The Morgan fingerprint density at radius 2 is 2.22 bits per heavy atom. The molecule has 3 N–H and O–H groups in total. The van der Waals surface area contributed by atoms with Gasteiger partial charge < -0.3 is 10.6 Å². The molecule has 4 rings (SSSR count). The number of alkyl halides is 1. The van der Waals surface area contributed by atoms with Gasteiger partial charge in [-0.3, -0.25) is 10.3 Å². The van der Waals surface area contributed by atoms with Crippen molar-refractivity contribution in [2.45, 2.75) is 30.6 Å². The van der Waals surface area contributed by atoms with Crippen molar-refractivity contribution >= 4 is 17.7 Å². The molecule has 2 aromatic rings. The number of nitrogens with two attached hydrogens (primary N) is 1. The van der Waals surface area contributed by atoms with Gasteiger partial charge in [-0.15, -0.1) is 11.8 Å². The molecule has 2 saturated heterocycles. The molecule has 144 valence electrons. The van der Waals surface area contributed by atoms with Crippen LogP contribution in [0, 0.1) is 11.7 Å². The van der Waals surface area contributed by atoms with Gasteiger partial charge in [-0.25, -0.2) is 18.7 Å². The van der Waals surface area contributed by atoms with Crippen LogP contribution < -0.4 is 16.0 Å². The zero-order valence-electron chi connectivity index (χ0n) is 15.2. The third-order valence-electron chi connectivity index (χ3n) is 5.21. The molecule has 0 aromatic carbocycles. The van der Waals surface area contributed by atoms with Crippen LogP contribution in [-0.4, -0.2) is 39.3 Å². The molecule has 1 unspecified atom stereocenters. The van der Waals surface area contributed by atoms with Crippen molar-refractivity contribution in [2.24, 2.45) is 11.7 Å². The van der Waals surface area contributed by atoms with Crippen LogP contribution in [0.3, 0.4) is 0 Å². The molecule has 9 heteroatoms. The lowest BCUT2D eigenvalue weighted by Crippen LogP contribution is -2.59. The Morgan fingerprint density at radius 1 is 1.41 bits per heavy atom. The van der Waals surface area contributed by atoms with E-state index in [2.05, 4.69) is 20.3 Å². The van der Waals surface area contributed by atoms with E-state index in [-0.39, 0.29) is 17.1 Å². The van der Waals surface area contributed by atoms with Gasteiger partial charge >= 0.3 is 0 Å². The topological polar surface area (TPSA) is 80.0 Å². The third-order valence-corrected chi connectivity index (χ3v) is 6.28. The quantitative estimate of drug-likeness (QED) is 0.828. The lowest BCUT2D eigenvalue weighted by Gasteiger charge is -2.42. The second kappa shape index (κ2) is 6.65. The van der Waals surface area contributed by atoms with E-state index in [9.17, 15) is 8.78 Å². The first-order valence-corrected chi connectivity index (χ1v) is 9.87. The predicted molar refractivity (Wildman–Crippen MR) is 101 cm³/mol. The average molecular weight is 392 g/mol. The molecule has 27 heavy (non-hydrogen) atoms. The highest BCUT2D eigenvalue weighted by Crippen LogP contribution is 2.43. The Kier molecular flexibility index (Phi) is 4.56. The minimum Gasteiger partial charge on any atom is -0.338 e. The van der Waals surface area contributed by atoms with Crippen LogP contribution >= 0.6 is 11.8 Å². The molecule has 2 aliphatic rings. The zero-order chi connectivity index (χ0) is 19.2. The summed E-state index contributed by atoms with van der Waals surface area (Å²) in [6.07, 6.45) is 4.62. The minimum atomic E-state index is -1.88. The maximum atomic E-state index is 14.3. The number of anilines is 1. The molecular weight excluding hydrogens is 370 g/mol. The number of pyridine rings is 1. The SMILES string of the molecule is CC(C)(F)c1nc(N2C[C@H]3CSC(N)N[C@@]3(c3cccnc3)C2)ncc1F. The Bertz CT molecular complexity index is 830. The second-order valence-electron chi connectivity index (χ2n) is 7.53. The molecule has 0 amide bonds. The smallest absolute Gasteiger partial charge is 0.225 e. The first kappa shape index (κ1) is 18.5. The normalized spacial score (nSPS) is 28.3. The Labute approximate surface area is 161 Å². The van der Waals surface area contributed by atoms with Gasteiger partial charge in [0.1, 0.15) is 16.9 Å². The monoisotopic (exact) mass is 392 g/mol. The summed E-state index contributed by atoms with van der Waals surface area (Å²) in [5.41, 5.74) is 4.52. The lowest BCUT2D eigenvalue weighted by molar-refractivity contribution is 0.205. The number of rotatable bonds is 3. The summed E-state index contributed by atoms with van der Waals surface area (Å²) in [6, 6.07) is 3.93. The van der Waals surface area contributed by atoms with Crippen molar-refractivity contribution in [3.05, 3.63) is 47.8 Å². The largest absolute Gasteiger partial charge is 0.338 e. The van der Waals surface area contributed by atoms with Gasteiger partial charge in [-0.2, -0.15) is 0 Å². The molecule has 3 atom stereocenters. The van der Waals surface area contributed by atoms with Gasteiger partial charge in [0, 0.05) is 37.2 Å². The Balaban J connectivity index is 1.72. The fourth-order valence-corrected chi connectivity index (χ4v) is 5.03. The molecule has 0 spiro atoms. The van der Waals surface area contributed by atoms with Crippen molar-refractivity contribution in [3.63, 3.8) is 0 Å². The van der Waals surface area contributed by atoms with Crippen LogP contribution in [-0.2, 0) is 11.2 Å². The van der Waals surface area contributed by atoms with Crippen LogP contribution in [0.4, 0.5) is 14.7 Å². The molecular formula is C18H22F2N6S. The summed E-state index contributed by atoms with van der Waals surface area (Å²) in [5, 5.41) is 3.52. The number of halogens is 2. The number of aromatic nitrogens is 3.